The zero-order valence-corrected chi connectivity index (χ0v) is 18.5. The van der Waals surface area contributed by atoms with Crippen molar-refractivity contribution in [2.45, 2.75) is 17.9 Å². The molecule has 1 saturated heterocycles. The van der Waals surface area contributed by atoms with Crippen LogP contribution < -0.4 is 4.31 Å². The molecule has 0 saturated carbocycles. The van der Waals surface area contributed by atoms with Crippen molar-refractivity contribution in [3.8, 4) is 0 Å². The smallest absolute Gasteiger partial charge is 0.264 e. The lowest BCUT2D eigenvalue weighted by Gasteiger charge is -2.32. The van der Waals surface area contributed by atoms with Crippen LogP contribution in [0.1, 0.15) is 5.56 Å². The molecular weight excluding hydrogens is 412 g/mol. The topological polar surface area (TPSA) is 70.1 Å². The average molecular weight is 441 g/mol. The monoisotopic (exact) mass is 440 g/mol. The van der Waals surface area contributed by atoms with Gasteiger partial charge in [0.05, 0.1) is 36.4 Å². The lowest BCUT2D eigenvalue weighted by molar-refractivity contribution is 0.0166. The number of aryl methyl sites for hydroxylation is 1. The minimum atomic E-state index is -3.87. The number of hydrogen-bond acceptors (Lipinski definition) is 5. The van der Waals surface area contributed by atoms with Crippen LogP contribution in [-0.2, 0) is 14.8 Å². The number of β-amino-alcohol motifs (C(OH)–C–C–N with tert-alkyl or cyclic N) is 1. The molecule has 1 atom stereocenters. The summed E-state index contributed by atoms with van der Waals surface area (Å²) in [7, 11) is -3.87. The molecule has 0 aromatic heterocycles. The predicted molar refractivity (Wildman–Crippen MR) is 123 cm³/mol. The molecule has 1 N–H and O–H groups in total. The van der Waals surface area contributed by atoms with Crippen LogP contribution in [0.2, 0.25) is 0 Å². The number of nitrogens with zero attached hydrogens (tertiary/aromatic N) is 2. The van der Waals surface area contributed by atoms with E-state index < -0.39 is 16.1 Å². The zero-order chi connectivity index (χ0) is 21.8. The number of morpholine rings is 1. The van der Waals surface area contributed by atoms with Crippen LogP contribution in [0.25, 0.3) is 10.8 Å². The molecule has 1 aliphatic heterocycles. The van der Waals surface area contributed by atoms with E-state index in [0.29, 0.717) is 25.4 Å². The summed E-state index contributed by atoms with van der Waals surface area (Å²) in [6, 6.07) is 20.1. The Bertz CT molecular complexity index is 1120. The quantitative estimate of drug-likeness (QED) is 0.612. The summed E-state index contributed by atoms with van der Waals surface area (Å²) in [4.78, 5) is 2.32. The molecule has 7 heteroatoms. The van der Waals surface area contributed by atoms with Gasteiger partial charge in [-0.1, -0.05) is 54.1 Å². The number of ether oxygens (including phenoxy) is 1. The van der Waals surface area contributed by atoms with Crippen LogP contribution >= 0.6 is 0 Å². The summed E-state index contributed by atoms with van der Waals surface area (Å²) < 4.78 is 34.1. The van der Waals surface area contributed by atoms with Gasteiger partial charge in [0.2, 0.25) is 0 Å². The maximum atomic E-state index is 13.7. The SMILES string of the molecule is Cc1ccc(S(=O)(=O)N(C[C@H](O)CN2CCOCC2)c2cccc3ccccc23)cc1. The fourth-order valence-electron chi connectivity index (χ4n) is 3.92. The number of aliphatic hydroxyl groups excluding tert-OH is 1. The van der Waals surface area contributed by atoms with Gasteiger partial charge >= 0.3 is 0 Å². The second-order valence-corrected chi connectivity index (χ2v) is 9.78. The van der Waals surface area contributed by atoms with E-state index in [0.717, 1.165) is 29.4 Å². The Balaban J connectivity index is 1.72. The number of anilines is 1. The van der Waals surface area contributed by atoms with E-state index >= 15 is 0 Å². The molecular formula is C24H28N2O4S. The molecule has 3 aromatic rings. The number of fused-ring (bicyclic) bond motifs is 1. The fraction of sp³-hybridized carbons (Fsp3) is 0.333. The molecule has 0 radical (unpaired) electrons. The van der Waals surface area contributed by atoms with Gasteiger partial charge in [-0.05, 0) is 30.5 Å². The lowest BCUT2D eigenvalue weighted by atomic mass is 10.1. The maximum Gasteiger partial charge on any atom is 0.264 e. The van der Waals surface area contributed by atoms with Crippen molar-refractivity contribution >= 4 is 26.5 Å². The average Bonchev–Trinajstić information content (AvgIpc) is 2.78. The summed E-state index contributed by atoms with van der Waals surface area (Å²) >= 11 is 0. The van der Waals surface area contributed by atoms with E-state index in [9.17, 15) is 13.5 Å². The number of hydrogen-bond donors (Lipinski definition) is 1. The van der Waals surface area contributed by atoms with Crippen molar-refractivity contribution in [1.29, 1.82) is 0 Å². The Labute approximate surface area is 183 Å². The number of benzene rings is 3. The summed E-state index contributed by atoms with van der Waals surface area (Å²) in [5.74, 6) is 0. The van der Waals surface area contributed by atoms with Gasteiger partial charge in [0.1, 0.15) is 0 Å². The number of aliphatic hydroxyl groups is 1. The first kappa shape index (κ1) is 21.8. The first-order valence-corrected chi connectivity index (χ1v) is 11.9. The van der Waals surface area contributed by atoms with Crippen LogP contribution in [0.15, 0.2) is 71.6 Å². The third-order valence-electron chi connectivity index (χ3n) is 5.59. The minimum absolute atomic E-state index is 0.0262. The first-order chi connectivity index (χ1) is 14.9. The summed E-state index contributed by atoms with van der Waals surface area (Å²) in [6.45, 7) is 5.01. The van der Waals surface area contributed by atoms with Crippen LogP contribution in [0.3, 0.4) is 0 Å². The molecule has 31 heavy (non-hydrogen) atoms. The molecule has 1 heterocycles. The van der Waals surface area contributed by atoms with Crippen LogP contribution in [0.4, 0.5) is 5.69 Å². The van der Waals surface area contributed by atoms with Crippen molar-refractivity contribution < 1.29 is 18.3 Å². The molecule has 0 amide bonds. The third-order valence-corrected chi connectivity index (χ3v) is 7.39. The van der Waals surface area contributed by atoms with Crippen molar-refractivity contribution in [2.24, 2.45) is 0 Å². The Morgan fingerprint density at radius 3 is 2.42 bits per heavy atom. The predicted octanol–water partition coefficient (Wildman–Crippen LogP) is 3.04. The van der Waals surface area contributed by atoms with E-state index in [1.807, 2.05) is 43.3 Å². The van der Waals surface area contributed by atoms with Gasteiger partial charge < -0.3 is 9.84 Å². The van der Waals surface area contributed by atoms with E-state index in [2.05, 4.69) is 4.90 Å². The van der Waals surface area contributed by atoms with Gasteiger partial charge in [-0.25, -0.2) is 8.42 Å². The highest BCUT2D eigenvalue weighted by molar-refractivity contribution is 7.92. The van der Waals surface area contributed by atoms with Crippen LogP contribution in [-0.4, -0.2) is 63.9 Å². The summed E-state index contributed by atoms with van der Waals surface area (Å²) in [5, 5.41) is 12.7. The zero-order valence-electron chi connectivity index (χ0n) is 17.6. The minimum Gasteiger partial charge on any atom is -0.390 e. The van der Waals surface area contributed by atoms with Crippen molar-refractivity contribution in [3.63, 3.8) is 0 Å². The van der Waals surface area contributed by atoms with Gasteiger partial charge in [0.25, 0.3) is 10.0 Å². The Morgan fingerprint density at radius 1 is 1.00 bits per heavy atom. The third kappa shape index (κ3) is 4.91. The molecule has 0 aliphatic carbocycles. The summed E-state index contributed by atoms with van der Waals surface area (Å²) in [5.41, 5.74) is 1.56. The normalized spacial score (nSPS) is 16.3. The fourth-order valence-corrected chi connectivity index (χ4v) is 5.44. The van der Waals surface area contributed by atoms with Gasteiger partial charge in [-0.15, -0.1) is 0 Å². The second-order valence-electron chi connectivity index (χ2n) is 7.91. The van der Waals surface area contributed by atoms with Gasteiger partial charge in [-0.2, -0.15) is 0 Å². The number of rotatable bonds is 7. The molecule has 1 fully saturated rings. The van der Waals surface area contributed by atoms with E-state index in [1.54, 1.807) is 30.3 Å². The Kier molecular flexibility index (Phi) is 6.57. The standard InChI is InChI=1S/C24H28N2O4S/c1-19-9-11-22(12-10-19)31(28,29)26(18-21(27)17-25-13-15-30-16-14-25)24-8-4-6-20-5-2-3-7-23(20)24/h2-12,21,27H,13-18H2,1H3/t21-/m1/s1. The maximum absolute atomic E-state index is 13.7. The Hall–Kier alpha value is -2.45. The molecule has 4 rings (SSSR count). The highest BCUT2D eigenvalue weighted by Crippen LogP contribution is 2.31. The lowest BCUT2D eigenvalue weighted by Crippen LogP contribution is -2.46. The van der Waals surface area contributed by atoms with Gasteiger partial charge in [0.15, 0.2) is 0 Å². The van der Waals surface area contributed by atoms with Crippen molar-refractivity contribution in [1.82, 2.24) is 4.90 Å². The van der Waals surface area contributed by atoms with E-state index in [1.165, 1.54) is 4.31 Å². The molecule has 0 spiro atoms. The molecule has 6 nitrogen and oxygen atoms in total. The van der Waals surface area contributed by atoms with Crippen molar-refractivity contribution in [2.75, 3.05) is 43.7 Å². The first-order valence-electron chi connectivity index (χ1n) is 10.5. The molecule has 3 aromatic carbocycles. The highest BCUT2D eigenvalue weighted by atomic mass is 32.2. The summed E-state index contributed by atoms with van der Waals surface area (Å²) in [6.07, 6.45) is -0.836. The van der Waals surface area contributed by atoms with E-state index in [-0.39, 0.29) is 11.4 Å². The number of sulfonamides is 1. The Morgan fingerprint density at radius 2 is 1.68 bits per heavy atom. The molecule has 0 unspecified atom stereocenters. The van der Waals surface area contributed by atoms with Gasteiger partial charge in [0, 0.05) is 25.0 Å². The van der Waals surface area contributed by atoms with Gasteiger partial charge in [-0.3, -0.25) is 9.21 Å². The molecule has 0 bridgehead atoms. The molecule has 1 aliphatic rings. The second kappa shape index (κ2) is 9.36. The largest absolute Gasteiger partial charge is 0.390 e. The highest BCUT2D eigenvalue weighted by Gasteiger charge is 2.29. The molecule has 164 valence electrons. The van der Waals surface area contributed by atoms with E-state index in [4.69, 9.17) is 4.74 Å². The van der Waals surface area contributed by atoms with Crippen LogP contribution in [0.5, 0.6) is 0 Å². The van der Waals surface area contributed by atoms with Crippen molar-refractivity contribution in [3.05, 3.63) is 72.3 Å². The van der Waals surface area contributed by atoms with Crippen LogP contribution in [0, 0.1) is 6.92 Å².